The number of Topliss-reactive ketones (excluding diaryl/α,β-unsaturated/α-hetero) is 1. The Morgan fingerprint density at radius 3 is 1.75 bits per heavy atom. The van der Waals surface area contributed by atoms with Crippen molar-refractivity contribution < 1.29 is 17.8 Å². The fourth-order valence-electron chi connectivity index (χ4n) is 2.98. The second kappa shape index (κ2) is 18.7. The molecule has 5 nitrogen and oxygen atoms in total. The van der Waals surface area contributed by atoms with Crippen LogP contribution in [0.15, 0.2) is 12.2 Å². The minimum absolute atomic E-state index is 0. The fraction of sp³-hybridized carbons (Fsp3) is 0.857. The Morgan fingerprint density at radius 1 is 0.893 bits per heavy atom. The molecule has 1 atom stereocenters. The molecule has 0 saturated heterocycles. The molecule has 0 aliphatic heterocycles. The fourth-order valence-corrected chi connectivity index (χ4v) is 3.58. The number of rotatable bonds is 18. The van der Waals surface area contributed by atoms with Crippen molar-refractivity contribution in [1.82, 2.24) is 0 Å². The first-order valence-electron chi connectivity index (χ1n) is 10.6. The van der Waals surface area contributed by atoms with E-state index in [1.54, 1.807) is 0 Å². The minimum atomic E-state index is -4.47. The van der Waals surface area contributed by atoms with E-state index in [1.807, 2.05) is 0 Å². The van der Waals surface area contributed by atoms with Crippen LogP contribution in [-0.2, 0) is 14.9 Å². The molecule has 7 heteroatoms. The van der Waals surface area contributed by atoms with E-state index in [-0.39, 0.29) is 57.8 Å². The molecule has 0 aromatic heterocycles. The number of allylic oxidation sites excluding steroid dienone is 2. The van der Waals surface area contributed by atoms with E-state index in [1.165, 1.54) is 51.9 Å². The predicted molar refractivity (Wildman–Crippen MR) is 121 cm³/mol. The Morgan fingerprint density at radius 2 is 1.32 bits per heavy atom. The number of hydrogen-bond acceptors (Lipinski definition) is 4. The van der Waals surface area contributed by atoms with Gasteiger partial charge < -0.3 is 5.73 Å². The molecular formula is C21H42KNO4S. The van der Waals surface area contributed by atoms with Gasteiger partial charge in [-0.3, -0.25) is 9.35 Å². The molecule has 0 amide bonds. The third kappa shape index (κ3) is 14.0. The molecule has 0 spiro atoms. The molecule has 0 saturated carbocycles. The Balaban J connectivity index is 0. The third-order valence-corrected chi connectivity index (χ3v) is 6.75. The van der Waals surface area contributed by atoms with Crippen LogP contribution in [0.3, 0.4) is 0 Å². The molecule has 0 radical (unpaired) electrons. The number of hydrogen-bond donors (Lipinski definition) is 2. The van der Waals surface area contributed by atoms with Crippen molar-refractivity contribution >= 4 is 67.3 Å². The van der Waals surface area contributed by atoms with Gasteiger partial charge in [0, 0.05) is 13.0 Å². The van der Waals surface area contributed by atoms with E-state index in [9.17, 15) is 17.8 Å². The van der Waals surface area contributed by atoms with Crippen LogP contribution in [0.5, 0.6) is 0 Å². The van der Waals surface area contributed by atoms with Gasteiger partial charge in [-0.15, -0.1) is 0 Å². The molecule has 0 heterocycles. The maximum atomic E-state index is 12.0. The Bertz CT molecular complexity index is 522. The third-order valence-electron chi connectivity index (χ3n) is 5.21. The van der Waals surface area contributed by atoms with Gasteiger partial charge in [-0.2, -0.15) is 8.42 Å². The number of carbonyl (C=O) groups is 1. The molecule has 0 bridgehead atoms. The first-order valence-corrected chi connectivity index (χ1v) is 12.1. The molecule has 0 aromatic rings. The van der Waals surface area contributed by atoms with E-state index < -0.39 is 27.2 Å². The monoisotopic (exact) mass is 443 g/mol. The molecule has 1 unspecified atom stereocenters. The SMILES string of the molecule is CCCCCCCC/C=C\CCCCCCCC(=O)C(C)(CN)S(=O)(=O)O.[KH]. The van der Waals surface area contributed by atoms with Gasteiger partial charge in [-0.1, -0.05) is 70.4 Å². The van der Waals surface area contributed by atoms with Gasteiger partial charge in [0.15, 0.2) is 10.5 Å². The van der Waals surface area contributed by atoms with Crippen molar-refractivity contribution in [2.45, 2.75) is 108 Å². The number of nitrogens with two attached hydrogens (primary N) is 1. The summed E-state index contributed by atoms with van der Waals surface area (Å²) in [6, 6.07) is 0. The van der Waals surface area contributed by atoms with Crippen LogP contribution in [0.4, 0.5) is 0 Å². The summed E-state index contributed by atoms with van der Waals surface area (Å²) in [5.41, 5.74) is 5.38. The average molecular weight is 444 g/mol. The maximum absolute atomic E-state index is 12.0. The van der Waals surface area contributed by atoms with Crippen molar-refractivity contribution in [3.63, 3.8) is 0 Å². The van der Waals surface area contributed by atoms with Crippen molar-refractivity contribution in [2.75, 3.05) is 6.54 Å². The molecule has 0 aromatic carbocycles. The van der Waals surface area contributed by atoms with Crippen molar-refractivity contribution in [1.29, 1.82) is 0 Å². The zero-order valence-corrected chi connectivity index (χ0v) is 18.2. The van der Waals surface area contributed by atoms with E-state index in [2.05, 4.69) is 19.1 Å². The molecule has 28 heavy (non-hydrogen) atoms. The van der Waals surface area contributed by atoms with Gasteiger partial charge >= 0.3 is 51.4 Å². The quantitative estimate of drug-likeness (QED) is 0.140. The summed E-state index contributed by atoms with van der Waals surface area (Å²) in [7, 11) is -4.47. The van der Waals surface area contributed by atoms with Crippen molar-refractivity contribution in [3.8, 4) is 0 Å². The van der Waals surface area contributed by atoms with E-state index in [4.69, 9.17) is 5.73 Å². The topological polar surface area (TPSA) is 97.5 Å². The summed E-state index contributed by atoms with van der Waals surface area (Å²) >= 11 is 0. The van der Waals surface area contributed by atoms with Crippen molar-refractivity contribution in [2.24, 2.45) is 5.73 Å². The van der Waals surface area contributed by atoms with E-state index in [0.29, 0.717) is 6.42 Å². The summed E-state index contributed by atoms with van der Waals surface area (Å²) in [5, 5.41) is 0. The Kier molecular flexibility index (Phi) is 20.7. The normalized spacial score (nSPS) is 14.0. The van der Waals surface area contributed by atoms with Gasteiger partial charge in [-0.05, 0) is 39.0 Å². The van der Waals surface area contributed by atoms with Gasteiger partial charge in [-0.25, -0.2) is 0 Å². The molecule has 3 N–H and O–H groups in total. The van der Waals surface area contributed by atoms with Crippen molar-refractivity contribution in [3.05, 3.63) is 12.2 Å². The van der Waals surface area contributed by atoms with Crippen LogP contribution in [0.2, 0.25) is 0 Å². The van der Waals surface area contributed by atoms with Crippen LogP contribution in [0.25, 0.3) is 0 Å². The summed E-state index contributed by atoms with van der Waals surface area (Å²) in [4.78, 5) is 12.0. The molecule has 0 aliphatic carbocycles. The van der Waals surface area contributed by atoms with Crippen LogP contribution < -0.4 is 5.73 Å². The summed E-state index contributed by atoms with van der Waals surface area (Å²) in [6.07, 6.45) is 19.8. The van der Waals surface area contributed by atoms with Crippen LogP contribution in [-0.4, -0.2) is 81.4 Å². The van der Waals surface area contributed by atoms with Gasteiger partial charge in [0.1, 0.15) is 0 Å². The average Bonchev–Trinajstić information content (AvgIpc) is 2.62. The first kappa shape index (κ1) is 31.1. The van der Waals surface area contributed by atoms with Crippen LogP contribution in [0, 0.1) is 0 Å². The summed E-state index contributed by atoms with van der Waals surface area (Å²) < 4.78 is 30.0. The summed E-state index contributed by atoms with van der Waals surface area (Å²) in [6.45, 7) is 3.04. The standard InChI is InChI=1S/C21H41NO4S.K.H/c1-3-4-5-6-7-8-9-10-11-12-13-14-15-16-17-18-20(23)21(2,19-22)27(24,25)26;;/h10-11H,3-9,12-19,22H2,1-2H3,(H,24,25,26);;/b11-10-;;. The first-order chi connectivity index (χ1) is 12.8. The Labute approximate surface area is 215 Å². The molecular weight excluding hydrogens is 401 g/mol. The zero-order chi connectivity index (χ0) is 20.6. The molecule has 0 fully saturated rings. The van der Waals surface area contributed by atoms with Gasteiger partial charge in [0.05, 0.1) is 0 Å². The van der Waals surface area contributed by atoms with Gasteiger partial charge in [0.2, 0.25) is 0 Å². The second-order valence-corrected chi connectivity index (χ2v) is 9.52. The zero-order valence-electron chi connectivity index (χ0n) is 17.4. The number of carbonyl (C=O) groups excluding carboxylic acids is 1. The second-order valence-electron chi connectivity index (χ2n) is 7.67. The number of ketones is 1. The molecule has 0 aliphatic rings. The molecule has 162 valence electrons. The van der Waals surface area contributed by atoms with Crippen LogP contribution >= 0.6 is 0 Å². The van der Waals surface area contributed by atoms with Gasteiger partial charge in [0.25, 0.3) is 10.1 Å². The predicted octanol–water partition coefficient (Wildman–Crippen LogP) is 4.55. The Hall–Kier alpha value is 0.916. The number of unbranched alkanes of at least 4 members (excludes halogenated alkanes) is 11. The van der Waals surface area contributed by atoms with E-state index in [0.717, 1.165) is 32.1 Å². The summed E-state index contributed by atoms with van der Waals surface area (Å²) in [5.74, 6) is -0.495. The van der Waals surface area contributed by atoms with E-state index >= 15 is 0 Å². The molecule has 0 rings (SSSR count). The van der Waals surface area contributed by atoms with Crippen LogP contribution in [0.1, 0.15) is 104 Å².